The maximum atomic E-state index is 13.4. The number of aryl methyl sites for hydroxylation is 1. The third kappa shape index (κ3) is 4.09. The first-order valence-corrected chi connectivity index (χ1v) is 10.4. The first kappa shape index (κ1) is 20.8. The highest BCUT2D eigenvalue weighted by Gasteiger charge is 2.43. The average Bonchev–Trinajstić information content (AvgIpc) is 3.23. The van der Waals surface area contributed by atoms with Crippen molar-refractivity contribution in [2.45, 2.75) is 25.8 Å². The SMILES string of the molecule is Cc1ccc(N2C(=O)CCC(C(=O)N3CCNCC3)C2c2cccs2)cc1.Cl. The number of carbonyl (C=O) groups is 2. The van der Waals surface area contributed by atoms with Gasteiger partial charge in [-0.3, -0.25) is 9.59 Å². The van der Waals surface area contributed by atoms with Crippen molar-refractivity contribution in [2.24, 2.45) is 5.92 Å². The molecule has 0 bridgehead atoms. The van der Waals surface area contributed by atoms with Gasteiger partial charge in [0.2, 0.25) is 11.8 Å². The van der Waals surface area contributed by atoms with Crippen LogP contribution >= 0.6 is 23.7 Å². The van der Waals surface area contributed by atoms with E-state index in [1.165, 1.54) is 0 Å². The van der Waals surface area contributed by atoms with Gasteiger partial charge in [0.25, 0.3) is 0 Å². The molecule has 2 aromatic rings. The normalized spacial score (nSPS) is 22.7. The smallest absolute Gasteiger partial charge is 0.228 e. The quantitative estimate of drug-likeness (QED) is 0.829. The third-order valence-corrected chi connectivity index (χ3v) is 6.43. The molecule has 0 radical (unpaired) electrons. The van der Waals surface area contributed by atoms with E-state index >= 15 is 0 Å². The highest BCUT2D eigenvalue weighted by atomic mass is 35.5. The minimum absolute atomic E-state index is 0. The number of amides is 2. The van der Waals surface area contributed by atoms with Crippen molar-refractivity contribution in [3.63, 3.8) is 0 Å². The summed E-state index contributed by atoms with van der Waals surface area (Å²) in [7, 11) is 0. The minimum atomic E-state index is -0.226. The Kier molecular flexibility index (Phi) is 6.75. The van der Waals surface area contributed by atoms with Gasteiger partial charge in [-0.05, 0) is 36.9 Å². The summed E-state index contributed by atoms with van der Waals surface area (Å²) < 4.78 is 0. The van der Waals surface area contributed by atoms with Crippen LogP contribution in [0.2, 0.25) is 0 Å². The summed E-state index contributed by atoms with van der Waals surface area (Å²) >= 11 is 1.62. The van der Waals surface area contributed by atoms with Crippen LogP contribution in [0.25, 0.3) is 0 Å². The van der Waals surface area contributed by atoms with Crippen LogP contribution in [0.15, 0.2) is 41.8 Å². The number of rotatable bonds is 3. The second-order valence-electron chi connectivity index (χ2n) is 7.28. The van der Waals surface area contributed by atoms with Crippen LogP contribution < -0.4 is 10.2 Å². The summed E-state index contributed by atoms with van der Waals surface area (Å²) in [6, 6.07) is 11.9. The van der Waals surface area contributed by atoms with Gasteiger partial charge >= 0.3 is 0 Å². The second-order valence-corrected chi connectivity index (χ2v) is 8.26. The average molecular weight is 420 g/mol. The van der Waals surface area contributed by atoms with Crippen LogP contribution in [-0.4, -0.2) is 42.9 Å². The zero-order chi connectivity index (χ0) is 18.8. The van der Waals surface area contributed by atoms with Crippen LogP contribution in [0.3, 0.4) is 0 Å². The molecule has 3 heterocycles. The molecular formula is C21H26ClN3O2S. The van der Waals surface area contributed by atoms with Crippen LogP contribution in [-0.2, 0) is 9.59 Å². The first-order valence-electron chi connectivity index (χ1n) is 9.57. The molecule has 4 rings (SSSR count). The third-order valence-electron chi connectivity index (χ3n) is 5.49. The van der Waals surface area contributed by atoms with E-state index in [9.17, 15) is 9.59 Å². The van der Waals surface area contributed by atoms with E-state index in [-0.39, 0.29) is 36.2 Å². The van der Waals surface area contributed by atoms with E-state index in [0.717, 1.165) is 42.3 Å². The maximum absolute atomic E-state index is 13.4. The Balaban J connectivity index is 0.00000225. The van der Waals surface area contributed by atoms with Gasteiger partial charge in [-0.1, -0.05) is 23.8 Å². The first-order chi connectivity index (χ1) is 13.1. The fourth-order valence-corrected chi connectivity index (χ4v) is 4.95. The number of piperidine rings is 1. The molecule has 2 fully saturated rings. The van der Waals surface area contributed by atoms with E-state index < -0.39 is 0 Å². The van der Waals surface area contributed by atoms with E-state index in [4.69, 9.17) is 0 Å². The number of piperazine rings is 1. The zero-order valence-corrected chi connectivity index (χ0v) is 17.6. The fourth-order valence-electron chi connectivity index (χ4n) is 4.07. The largest absolute Gasteiger partial charge is 0.340 e. The molecule has 0 spiro atoms. The van der Waals surface area contributed by atoms with Crippen LogP contribution in [0.4, 0.5) is 5.69 Å². The molecule has 5 nitrogen and oxygen atoms in total. The highest BCUT2D eigenvalue weighted by molar-refractivity contribution is 7.10. The lowest BCUT2D eigenvalue weighted by atomic mass is 9.85. The van der Waals surface area contributed by atoms with Crippen molar-refractivity contribution in [2.75, 3.05) is 31.1 Å². The molecule has 28 heavy (non-hydrogen) atoms. The summed E-state index contributed by atoms with van der Waals surface area (Å²) in [6.07, 6.45) is 1.03. The summed E-state index contributed by atoms with van der Waals surface area (Å²) in [6.45, 7) is 5.19. The molecule has 150 valence electrons. The Labute approximate surface area is 176 Å². The Morgan fingerprint density at radius 3 is 2.50 bits per heavy atom. The highest BCUT2D eigenvalue weighted by Crippen LogP contribution is 2.42. The van der Waals surface area contributed by atoms with Crippen molar-refractivity contribution in [1.29, 1.82) is 0 Å². The van der Waals surface area contributed by atoms with Gasteiger partial charge in [0, 0.05) is 43.2 Å². The maximum Gasteiger partial charge on any atom is 0.228 e. The van der Waals surface area contributed by atoms with Crippen molar-refractivity contribution >= 4 is 41.2 Å². The Morgan fingerprint density at radius 2 is 1.86 bits per heavy atom. The van der Waals surface area contributed by atoms with Crippen LogP contribution in [0, 0.1) is 12.8 Å². The molecule has 2 atom stereocenters. The minimum Gasteiger partial charge on any atom is -0.340 e. The number of anilines is 1. The number of halogens is 1. The number of carbonyl (C=O) groups excluding carboxylic acids is 2. The standard InChI is InChI=1S/C21H25N3O2S.ClH/c1-15-4-6-16(7-5-15)24-19(25)9-8-17(20(24)18-3-2-14-27-18)21(26)23-12-10-22-11-13-23;/h2-7,14,17,20,22H,8-13H2,1H3;1H. The molecule has 1 aromatic heterocycles. The van der Waals surface area contributed by atoms with Gasteiger partial charge in [-0.15, -0.1) is 23.7 Å². The number of thiophene rings is 1. The molecular weight excluding hydrogens is 394 g/mol. The summed E-state index contributed by atoms with van der Waals surface area (Å²) in [5, 5.41) is 5.32. The Hall–Kier alpha value is -1.89. The predicted molar refractivity (Wildman–Crippen MR) is 115 cm³/mol. The molecule has 2 aliphatic rings. The number of nitrogens with one attached hydrogen (secondary N) is 1. The molecule has 1 N–H and O–H groups in total. The van der Waals surface area contributed by atoms with Gasteiger partial charge in [0.1, 0.15) is 0 Å². The van der Waals surface area contributed by atoms with Gasteiger partial charge in [-0.2, -0.15) is 0 Å². The van der Waals surface area contributed by atoms with E-state index in [1.807, 2.05) is 58.5 Å². The zero-order valence-electron chi connectivity index (χ0n) is 16.0. The second kappa shape index (κ2) is 9.07. The Bertz CT molecular complexity index is 804. The lowest BCUT2D eigenvalue weighted by Crippen LogP contribution is -2.53. The van der Waals surface area contributed by atoms with Crippen molar-refractivity contribution in [1.82, 2.24) is 10.2 Å². The van der Waals surface area contributed by atoms with Crippen molar-refractivity contribution in [3.8, 4) is 0 Å². The molecule has 2 aliphatic heterocycles. The van der Waals surface area contributed by atoms with E-state index in [0.29, 0.717) is 12.8 Å². The number of nitrogens with zero attached hydrogens (tertiary/aromatic N) is 2. The molecule has 0 saturated carbocycles. The van der Waals surface area contributed by atoms with E-state index in [2.05, 4.69) is 5.32 Å². The van der Waals surface area contributed by atoms with Gasteiger partial charge < -0.3 is 15.1 Å². The molecule has 2 saturated heterocycles. The lowest BCUT2D eigenvalue weighted by Gasteiger charge is -2.42. The van der Waals surface area contributed by atoms with Gasteiger partial charge in [0.05, 0.1) is 12.0 Å². The molecule has 1 aromatic carbocycles. The van der Waals surface area contributed by atoms with E-state index in [1.54, 1.807) is 11.3 Å². The lowest BCUT2D eigenvalue weighted by molar-refractivity contribution is -0.138. The van der Waals surface area contributed by atoms with Crippen molar-refractivity contribution < 1.29 is 9.59 Å². The topological polar surface area (TPSA) is 52.7 Å². The monoisotopic (exact) mass is 419 g/mol. The van der Waals surface area contributed by atoms with Gasteiger partial charge in [-0.25, -0.2) is 0 Å². The van der Waals surface area contributed by atoms with Crippen molar-refractivity contribution in [3.05, 3.63) is 52.2 Å². The number of hydrogen-bond donors (Lipinski definition) is 1. The molecule has 2 amide bonds. The summed E-state index contributed by atoms with van der Waals surface area (Å²) in [5.74, 6) is 0.0851. The molecule has 0 aliphatic carbocycles. The summed E-state index contributed by atoms with van der Waals surface area (Å²) in [4.78, 5) is 31.2. The van der Waals surface area contributed by atoms with Crippen LogP contribution in [0.5, 0.6) is 0 Å². The van der Waals surface area contributed by atoms with Crippen LogP contribution in [0.1, 0.15) is 29.3 Å². The molecule has 2 unspecified atom stereocenters. The number of benzene rings is 1. The summed E-state index contributed by atoms with van der Waals surface area (Å²) in [5.41, 5.74) is 2.03. The molecule has 7 heteroatoms. The fraction of sp³-hybridized carbons (Fsp3) is 0.429. The Morgan fingerprint density at radius 1 is 1.14 bits per heavy atom. The number of hydrogen-bond acceptors (Lipinski definition) is 4. The van der Waals surface area contributed by atoms with Gasteiger partial charge in [0.15, 0.2) is 0 Å². The predicted octanol–water partition coefficient (Wildman–Crippen LogP) is 3.39.